The highest BCUT2D eigenvalue weighted by atomic mass is 19.4. The third kappa shape index (κ3) is 4.15. The topological polar surface area (TPSA) is 96.3 Å². The van der Waals surface area contributed by atoms with Gasteiger partial charge in [-0.25, -0.2) is 9.37 Å². The van der Waals surface area contributed by atoms with E-state index < -0.39 is 12.6 Å². The molecule has 0 aliphatic carbocycles. The first-order valence-electron chi connectivity index (χ1n) is 9.88. The summed E-state index contributed by atoms with van der Waals surface area (Å²) in [6.45, 7) is 2.16. The van der Waals surface area contributed by atoms with E-state index in [-0.39, 0.29) is 29.5 Å². The maximum atomic E-state index is 13.4. The number of anilines is 2. The van der Waals surface area contributed by atoms with E-state index in [0.717, 1.165) is 6.20 Å². The molecule has 5 rings (SSSR count). The van der Waals surface area contributed by atoms with Crippen LogP contribution in [0.5, 0.6) is 0 Å². The van der Waals surface area contributed by atoms with Crippen LogP contribution in [0.4, 0.5) is 29.5 Å². The molecule has 9 nitrogen and oxygen atoms in total. The first-order chi connectivity index (χ1) is 15.4. The fourth-order valence-corrected chi connectivity index (χ4v) is 3.55. The first kappa shape index (κ1) is 20.4. The number of benzene rings is 1. The van der Waals surface area contributed by atoms with Crippen molar-refractivity contribution in [2.24, 2.45) is 0 Å². The molecule has 4 aromatic rings. The number of H-pyrrole nitrogens is 1. The van der Waals surface area contributed by atoms with Gasteiger partial charge in [0.05, 0.1) is 43.4 Å². The second-order valence-electron chi connectivity index (χ2n) is 7.34. The molecule has 168 valence electrons. The van der Waals surface area contributed by atoms with Gasteiger partial charge in [0.2, 0.25) is 11.9 Å². The molecule has 0 radical (unpaired) electrons. The van der Waals surface area contributed by atoms with Crippen LogP contribution in [-0.2, 0) is 17.7 Å². The predicted molar refractivity (Wildman–Crippen MR) is 107 cm³/mol. The zero-order valence-corrected chi connectivity index (χ0v) is 16.7. The normalized spacial score (nSPS) is 15.1. The van der Waals surface area contributed by atoms with Gasteiger partial charge in [0.1, 0.15) is 11.6 Å². The number of aromatic nitrogens is 6. The van der Waals surface area contributed by atoms with E-state index in [1.165, 1.54) is 16.6 Å². The molecule has 0 amide bonds. The molecule has 1 aliphatic heterocycles. The SMILES string of the molecule is Fc1ccc2nc(CNc3nc(N4CCOCC4)nc4c(CC(F)(F)F)cnn34)[nH]c2c1. The zero-order valence-electron chi connectivity index (χ0n) is 16.7. The lowest BCUT2D eigenvalue weighted by molar-refractivity contribution is -0.127. The number of hydrogen-bond acceptors (Lipinski definition) is 7. The van der Waals surface area contributed by atoms with E-state index in [9.17, 15) is 17.6 Å². The molecule has 0 unspecified atom stereocenters. The van der Waals surface area contributed by atoms with Gasteiger partial charge in [-0.3, -0.25) is 0 Å². The molecule has 1 aliphatic rings. The van der Waals surface area contributed by atoms with Gasteiger partial charge >= 0.3 is 6.18 Å². The summed E-state index contributed by atoms with van der Waals surface area (Å²) in [6, 6.07) is 4.21. The molecule has 32 heavy (non-hydrogen) atoms. The van der Waals surface area contributed by atoms with E-state index >= 15 is 0 Å². The highest BCUT2D eigenvalue weighted by molar-refractivity contribution is 5.75. The molecule has 2 N–H and O–H groups in total. The lowest BCUT2D eigenvalue weighted by atomic mass is 10.2. The van der Waals surface area contributed by atoms with Crippen molar-refractivity contribution in [3.8, 4) is 0 Å². The standard InChI is InChI=1S/C19H18F4N8O/c20-12-1-2-13-14(7-12)27-15(26-13)10-24-17-29-18(30-3-5-32-6-4-30)28-16-11(8-19(21,22)23)9-25-31(16)17/h1-2,7,9H,3-6,8,10H2,(H,26,27)(H,24,28,29). The molecule has 0 bridgehead atoms. The van der Waals surface area contributed by atoms with Crippen LogP contribution >= 0.6 is 0 Å². The van der Waals surface area contributed by atoms with Crippen molar-refractivity contribution >= 4 is 28.6 Å². The minimum Gasteiger partial charge on any atom is -0.378 e. The van der Waals surface area contributed by atoms with Crippen molar-refractivity contribution < 1.29 is 22.3 Å². The van der Waals surface area contributed by atoms with E-state index in [2.05, 4.69) is 30.4 Å². The number of halogens is 4. The average molecular weight is 450 g/mol. The summed E-state index contributed by atoms with van der Waals surface area (Å²) in [5.74, 6) is 0.630. The Labute approximate surface area is 178 Å². The highest BCUT2D eigenvalue weighted by Gasteiger charge is 2.30. The number of alkyl halides is 3. The number of aromatic amines is 1. The van der Waals surface area contributed by atoms with Crippen LogP contribution in [-0.4, -0.2) is 62.0 Å². The molecule has 1 saturated heterocycles. The first-order valence-corrected chi connectivity index (χ1v) is 9.88. The fraction of sp³-hybridized carbons (Fsp3) is 0.368. The molecule has 3 aromatic heterocycles. The van der Waals surface area contributed by atoms with E-state index in [4.69, 9.17) is 4.74 Å². The average Bonchev–Trinajstić information content (AvgIpc) is 3.35. The summed E-state index contributed by atoms with van der Waals surface area (Å²) in [6.07, 6.45) is -4.40. The second-order valence-corrected chi connectivity index (χ2v) is 7.34. The summed E-state index contributed by atoms with van der Waals surface area (Å²) in [7, 11) is 0. The molecule has 0 atom stereocenters. The van der Waals surface area contributed by atoms with Crippen LogP contribution in [0.2, 0.25) is 0 Å². The van der Waals surface area contributed by atoms with Crippen LogP contribution in [0.1, 0.15) is 11.4 Å². The smallest absolute Gasteiger partial charge is 0.378 e. The number of hydrogen-bond donors (Lipinski definition) is 2. The maximum absolute atomic E-state index is 13.4. The Balaban J connectivity index is 1.49. The van der Waals surface area contributed by atoms with Crippen molar-refractivity contribution in [1.82, 2.24) is 29.5 Å². The number of rotatable bonds is 5. The minimum absolute atomic E-state index is 0.0447. The van der Waals surface area contributed by atoms with Gasteiger partial charge in [-0.05, 0) is 18.2 Å². The molecule has 13 heteroatoms. The second kappa shape index (κ2) is 7.89. The number of nitrogens with one attached hydrogen (secondary N) is 2. The lowest BCUT2D eigenvalue weighted by Gasteiger charge is -2.27. The molecule has 1 fully saturated rings. The summed E-state index contributed by atoms with van der Waals surface area (Å²) >= 11 is 0. The number of nitrogens with zero attached hydrogens (tertiary/aromatic N) is 6. The monoisotopic (exact) mass is 450 g/mol. The Morgan fingerprint density at radius 3 is 2.72 bits per heavy atom. The largest absolute Gasteiger partial charge is 0.393 e. The maximum Gasteiger partial charge on any atom is 0.393 e. The van der Waals surface area contributed by atoms with Crippen molar-refractivity contribution in [2.45, 2.75) is 19.1 Å². The van der Waals surface area contributed by atoms with Crippen molar-refractivity contribution in [2.75, 3.05) is 36.5 Å². The third-order valence-electron chi connectivity index (χ3n) is 5.02. The lowest BCUT2D eigenvalue weighted by Crippen LogP contribution is -2.37. The molecule has 0 spiro atoms. The third-order valence-corrected chi connectivity index (χ3v) is 5.02. The predicted octanol–water partition coefficient (Wildman–Crippen LogP) is 2.69. The summed E-state index contributed by atoms with van der Waals surface area (Å²) in [5.41, 5.74) is 1.16. The van der Waals surface area contributed by atoms with Gasteiger partial charge in [0.15, 0.2) is 5.65 Å². The number of ether oxygens (including phenoxy) is 1. The quantitative estimate of drug-likeness (QED) is 0.452. The van der Waals surface area contributed by atoms with Crippen LogP contribution in [0.15, 0.2) is 24.4 Å². The Morgan fingerprint density at radius 1 is 1.12 bits per heavy atom. The van der Waals surface area contributed by atoms with E-state index in [1.807, 2.05) is 4.90 Å². The molecule has 1 aromatic carbocycles. The summed E-state index contributed by atoms with van der Waals surface area (Å²) in [5, 5.41) is 7.12. The van der Waals surface area contributed by atoms with Gasteiger partial charge in [-0.2, -0.15) is 32.8 Å². The van der Waals surface area contributed by atoms with Crippen molar-refractivity contribution in [3.63, 3.8) is 0 Å². The summed E-state index contributed by atoms with van der Waals surface area (Å²) < 4.78 is 59.1. The van der Waals surface area contributed by atoms with Gasteiger partial charge in [-0.1, -0.05) is 0 Å². The van der Waals surface area contributed by atoms with Gasteiger partial charge in [0, 0.05) is 18.7 Å². The Kier molecular flexibility index (Phi) is 5.04. The van der Waals surface area contributed by atoms with Crippen LogP contribution < -0.4 is 10.2 Å². The number of imidazole rings is 1. The number of morpholine rings is 1. The fourth-order valence-electron chi connectivity index (χ4n) is 3.55. The minimum atomic E-state index is -4.40. The summed E-state index contributed by atoms with van der Waals surface area (Å²) in [4.78, 5) is 18.1. The van der Waals surface area contributed by atoms with Crippen LogP contribution in [0.25, 0.3) is 16.7 Å². The molecular weight excluding hydrogens is 432 g/mol. The Hall–Kier alpha value is -3.48. The van der Waals surface area contributed by atoms with E-state index in [0.29, 0.717) is 49.1 Å². The highest BCUT2D eigenvalue weighted by Crippen LogP contribution is 2.26. The van der Waals surface area contributed by atoms with Gasteiger partial charge in [0.25, 0.3) is 0 Å². The van der Waals surface area contributed by atoms with Crippen molar-refractivity contribution in [1.29, 1.82) is 0 Å². The van der Waals surface area contributed by atoms with Crippen molar-refractivity contribution in [3.05, 3.63) is 41.6 Å². The van der Waals surface area contributed by atoms with Gasteiger partial charge < -0.3 is 19.9 Å². The van der Waals surface area contributed by atoms with Crippen LogP contribution in [0.3, 0.4) is 0 Å². The molecular formula is C19H18F4N8O. The number of fused-ring (bicyclic) bond motifs is 2. The molecule has 4 heterocycles. The Morgan fingerprint density at radius 2 is 1.94 bits per heavy atom. The zero-order chi connectivity index (χ0) is 22.3. The van der Waals surface area contributed by atoms with E-state index in [1.54, 1.807) is 6.07 Å². The van der Waals surface area contributed by atoms with Gasteiger partial charge in [-0.15, -0.1) is 0 Å². The Bertz CT molecular complexity index is 1260. The molecule has 0 saturated carbocycles. The van der Waals surface area contributed by atoms with Crippen LogP contribution in [0, 0.1) is 5.82 Å².